The Morgan fingerprint density at radius 3 is 2.48 bits per heavy atom. The molecular weight excluding hydrogens is 262 g/mol. The first-order chi connectivity index (χ1) is 9.97. The number of aryl methyl sites for hydroxylation is 3. The quantitative estimate of drug-likeness (QED) is 0.919. The summed E-state index contributed by atoms with van der Waals surface area (Å²) in [4.78, 5) is 0. The maximum Gasteiger partial charge on any atom is 0.119 e. The first kappa shape index (κ1) is 15.6. The monoisotopic (exact) mass is 287 g/mol. The van der Waals surface area contributed by atoms with Crippen LogP contribution in [0.15, 0.2) is 18.2 Å². The first-order valence-corrected chi connectivity index (χ1v) is 7.28. The van der Waals surface area contributed by atoms with Gasteiger partial charge >= 0.3 is 0 Å². The third-order valence-electron chi connectivity index (χ3n) is 4.27. The molecule has 2 rings (SSSR count). The van der Waals surface area contributed by atoms with Crippen LogP contribution in [0, 0.1) is 20.8 Å². The van der Waals surface area contributed by atoms with E-state index in [-0.39, 0.29) is 6.04 Å². The summed E-state index contributed by atoms with van der Waals surface area (Å²) in [7, 11) is 5.71. The van der Waals surface area contributed by atoms with E-state index >= 15 is 0 Å². The SMILES string of the molecule is CNC(Cc1c(C)nn(C)c1C)c1ccc(OC)cc1C. The fourth-order valence-corrected chi connectivity index (χ4v) is 2.85. The standard InChI is InChI=1S/C17H25N3O/c1-11-9-14(21-6)7-8-15(11)17(18-4)10-16-12(2)19-20(5)13(16)3/h7-9,17-18H,10H2,1-6H3. The van der Waals surface area contributed by atoms with E-state index < -0.39 is 0 Å². The second-order valence-corrected chi connectivity index (χ2v) is 5.54. The van der Waals surface area contributed by atoms with Gasteiger partial charge in [-0.2, -0.15) is 5.10 Å². The van der Waals surface area contributed by atoms with Gasteiger partial charge in [0.2, 0.25) is 0 Å². The van der Waals surface area contributed by atoms with Crippen LogP contribution in [-0.4, -0.2) is 23.9 Å². The lowest BCUT2D eigenvalue weighted by Crippen LogP contribution is -2.20. The molecule has 0 amide bonds. The van der Waals surface area contributed by atoms with E-state index in [1.54, 1.807) is 7.11 Å². The molecule has 114 valence electrons. The molecule has 0 spiro atoms. The molecule has 4 nitrogen and oxygen atoms in total. The summed E-state index contributed by atoms with van der Waals surface area (Å²) in [5.74, 6) is 0.903. The molecule has 1 aromatic heterocycles. The molecule has 1 N–H and O–H groups in total. The van der Waals surface area contributed by atoms with E-state index in [4.69, 9.17) is 4.74 Å². The largest absolute Gasteiger partial charge is 0.497 e. The lowest BCUT2D eigenvalue weighted by Gasteiger charge is -2.20. The number of nitrogens with zero attached hydrogens (tertiary/aromatic N) is 2. The molecule has 1 aromatic carbocycles. The molecule has 1 unspecified atom stereocenters. The smallest absolute Gasteiger partial charge is 0.119 e. The Labute approximate surface area is 127 Å². The van der Waals surface area contributed by atoms with Crippen molar-refractivity contribution in [2.45, 2.75) is 33.2 Å². The minimum Gasteiger partial charge on any atom is -0.497 e. The Balaban J connectivity index is 2.32. The molecule has 1 atom stereocenters. The first-order valence-electron chi connectivity index (χ1n) is 7.28. The van der Waals surface area contributed by atoms with Gasteiger partial charge in [-0.15, -0.1) is 0 Å². The van der Waals surface area contributed by atoms with Crippen LogP contribution in [-0.2, 0) is 13.5 Å². The number of aromatic nitrogens is 2. The summed E-state index contributed by atoms with van der Waals surface area (Å²) in [5, 5.41) is 7.94. The summed E-state index contributed by atoms with van der Waals surface area (Å²) in [6.07, 6.45) is 0.940. The number of hydrogen-bond donors (Lipinski definition) is 1. The van der Waals surface area contributed by atoms with Gasteiger partial charge in [-0.25, -0.2) is 0 Å². The summed E-state index contributed by atoms with van der Waals surface area (Å²) in [6.45, 7) is 6.34. The van der Waals surface area contributed by atoms with E-state index in [0.29, 0.717) is 0 Å². The molecule has 0 bridgehead atoms. The zero-order valence-corrected chi connectivity index (χ0v) is 13.8. The second-order valence-electron chi connectivity index (χ2n) is 5.54. The number of nitrogens with one attached hydrogen (secondary N) is 1. The predicted octanol–water partition coefficient (Wildman–Crippen LogP) is 2.86. The Kier molecular flexibility index (Phi) is 4.68. The molecule has 0 aliphatic heterocycles. The van der Waals surface area contributed by atoms with Crippen LogP contribution in [0.5, 0.6) is 5.75 Å². The van der Waals surface area contributed by atoms with E-state index in [2.05, 4.69) is 43.3 Å². The summed E-state index contributed by atoms with van der Waals surface area (Å²) in [5.41, 5.74) is 6.22. The zero-order valence-electron chi connectivity index (χ0n) is 13.8. The van der Waals surface area contributed by atoms with Crippen molar-refractivity contribution >= 4 is 0 Å². The molecule has 0 fully saturated rings. The number of ether oxygens (including phenoxy) is 1. The molecule has 0 saturated heterocycles. The van der Waals surface area contributed by atoms with Gasteiger partial charge in [0.25, 0.3) is 0 Å². The molecule has 0 aliphatic rings. The topological polar surface area (TPSA) is 39.1 Å². The summed E-state index contributed by atoms with van der Waals surface area (Å²) >= 11 is 0. The fraction of sp³-hybridized carbons (Fsp3) is 0.471. The van der Waals surface area contributed by atoms with E-state index in [0.717, 1.165) is 17.9 Å². The molecule has 4 heteroatoms. The van der Waals surface area contributed by atoms with Crippen molar-refractivity contribution in [2.24, 2.45) is 7.05 Å². The predicted molar refractivity (Wildman–Crippen MR) is 85.9 cm³/mol. The number of likely N-dealkylation sites (N-methyl/N-ethyl adjacent to an activating group) is 1. The third kappa shape index (κ3) is 3.10. The number of methoxy groups -OCH3 is 1. The highest BCUT2D eigenvalue weighted by Gasteiger charge is 2.18. The van der Waals surface area contributed by atoms with Crippen molar-refractivity contribution < 1.29 is 4.74 Å². The molecule has 21 heavy (non-hydrogen) atoms. The lowest BCUT2D eigenvalue weighted by atomic mass is 9.94. The highest BCUT2D eigenvalue weighted by molar-refractivity contribution is 5.38. The van der Waals surface area contributed by atoms with E-state index in [1.807, 2.05) is 24.8 Å². The van der Waals surface area contributed by atoms with Crippen molar-refractivity contribution in [1.82, 2.24) is 15.1 Å². The van der Waals surface area contributed by atoms with Gasteiger partial charge in [-0.1, -0.05) is 6.07 Å². The average molecular weight is 287 g/mol. The van der Waals surface area contributed by atoms with Crippen molar-refractivity contribution in [3.05, 3.63) is 46.3 Å². The van der Waals surface area contributed by atoms with Gasteiger partial charge in [0.1, 0.15) is 5.75 Å². The minimum atomic E-state index is 0.275. The van der Waals surface area contributed by atoms with Crippen LogP contribution in [0.25, 0.3) is 0 Å². The second kappa shape index (κ2) is 6.31. The van der Waals surface area contributed by atoms with Crippen molar-refractivity contribution in [3.63, 3.8) is 0 Å². The van der Waals surface area contributed by atoms with Gasteiger partial charge in [0.05, 0.1) is 12.8 Å². The zero-order chi connectivity index (χ0) is 15.6. The van der Waals surface area contributed by atoms with Crippen LogP contribution >= 0.6 is 0 Å². The van der Waals surface area contributed by atoms with Crippen LogP contribution in [0.2, 0.25) is 0 Å². The Bertz CT molecular complexity index is 631. The van der Waals surface area contributed by atoms with E-state index in [1.165, 1.54) is 22.4 Å². The maximum atomic E-state index is 5.29. The van der Waals surface area contributed by atoms with Gasteiger partial charge in [0.15, 0.2) is 0 Å². The molecule has 0 aliphatic carbocycles. The van der Waals surface area contributed by atoms with E-state index in [9.17, 15) is 0 Å². The van der Waals surface area contributed by atoms with Crippen LogP contribution < -0.4 is 10.1 Å². The molecule has 0 radical (unpaired) electrons. The van der Waals surface area contributed by atoms with Gasteiger partial charge in [0, 0.05) is 18.8 Å². The highest BCUT2D eigenvalue weighted by atomic mass is 16.5. The van der Waals surface area contributed by atoms with Crippen molar-refractivity contribution in [3.8, 4) is 5.75 Å². The van der Waals surface area contributed by atoms with Crippen LogP contribution in [0.1, 0.15) is 34.1 Å². The molecule has 1 heterocycles. The Hall–Kier alpha value is -1.81. The lowest BCUT2D eigenvalue weighted by molar-refractivity contribution is 0.414. The Morgan fingerprint density at radius 2 is 2.00 bits per heavy atom. The van der Waals surface area contributed by atoms with Gasteiger partial charge in [-0.3, -0.25) is 4.68 Å². The number of rotatable bonds is 5. The van der Waals surface area contributed by atoms with Gasteiger partial charge in [-0.05, 0) is 63.1 Å². The molecule has 0 saturated carbocycles. The fourth-order valence-electron chi connectivity index (χ4n) is 2.85. The summed E-state index contributed by atoms with van der Waals surface area (Å²) < 4.78 is 7.25. The maximum absolute atomic E-state index is 5.29. The molecular formula is C17H25N3O. The highest BCUT2D eigenvalue weighted by Crippen LogP contribution is 2.27. The van der Waals surface area contributed by atoms with Crippen molar-refractivity contribution in [1.29, 1.82) is 0 Å². The number of hydrogen-bond acceptors (Lipinski definition) is 3. The minimum absolute atomic E-state index is 0.275. The van der Waals surface area contributed by atoms with Crippen LogP contribution in [0.4, 0.5) is 0 Å². The Morgan fingerprint density at radius 1 is 1.29 bits per heavy atom. The van der Waals surface area contributed by atoms with Crippen LogP contribution in [0.3, 0.4) is 0 Å². The normalized spacial score (nSPS) is 12.5. The number of benzene rings is 1. The average Bonchev–Trinajstić information content (AvgIpc) is 2.70. The van der Waals surface area contributed by atoms with Gasteiger partial charge < -0.3 is 10.1 Å². The molecule has 2 aromatic rings. The third-order valence-corrected chi connectivity index (χ3v) is 4.27. The summed E-state index contributed by atoms with van der Waals surface area (Å²) in [6, 6.07) is 6.53. The van der Waals surface area contributed by atoms with Crippen molar-refractivity contribution in [2.75, 3.05) is 14.2 Å².